The topological polar surface area (TPSA) is 46.2 Å². The van der Waals surface area contributed by atoms with Gasteiger partial charge >= 0.3 is 0 Å². The van der Waals surface area contributed by atoms with Crippen molar-refractivity contribution >= 4 is 0 Å². The molecule has 7 heteroatoms. The largest absolute Gasteiger partial charge is 0.379 e. The molecule has 0 aromatic carbocycles. The number of unbranched alkanes of at least 4 members (excludes halogenated alkanes) is 4. The third kappa shape index (κ3) is 10.4. The van der Waals surface area contributed by atoms with Gasteiger partial charge in [-0.3, -0.25) is 0 Å². The summed E-state index contributed by atoms with van der Waals surface area (Å²) in [6, 6.07) is 0. The van der Waals surface area contributed by atoms with Crippen LogP contribution < -0.4 is 0 Å². The van der Waals surface area contributed by atoms with E-state index in [1.807, 2.05) is 6.92 Å². The molecule has 1 fully saturated rings. The molecule has 0 aromatic rings. The van der Waals surface area contributed by atoms with Crippen molar-refractivity contribution in [3.05, 3.63) is 0 Å². The molecule has 0 radical (unpaired) electrons. The molecule has 1 aliphatic rings. The molecule has 1 aliphatic heterocycles. The summed E-state index contributed by atoms with van der Waals surface area (Å²) in [5.74, 6) is -3.07. The average molecular weight is 453 g/mol. The highest BCUT2D eigenvalue weighted by Crippen LogP contribution is 2.36. The van der Waals surface area contributed by atoms with Gasteiger partial charge in [-0.15, -0.1) is 0 Å². The Morgan fingerprint density at radius 2 is 1.13 bits per heavy atom. The van der Waals surface area contributed by atoms with Gasteiger partial charge in [-0.2, -0.15) is 0 Å². The van der Waals surface area contributed by atoms with E-state index in [0.29, 0.717) is 26.4 Å². The van der Waals surface area contributed by atoms with Gasteiger partial charge < -0.3 is 23.7 Å². The van der Waals surface area contributed by atoms with Crippen LogP contribution in [-0.4, -0.2) is 69.5 Å². The molecule has 5 atom stereocenters. The highest BCUT2D eigenvalue weighted by Gasteiger charge is 2.55. The minimum Gasteiger partial charge on any atom is -0.379 e. The Labute approximate surface area is 188 Å². The van der Waals surface area contributed by atoms with Crippen LogP contribution in [0.5, 0.6) is 0 Å². The van der Waals surface area contributed by atoms with Crippen molar-refractivity contribution in [3.8, 4) is 0 Å². The Bertz CT molecular complexity index is 433. The first kappa shape index (κ1) is 28.7. The van der Waals surface area contributed by atoms with Gasteiger partial charge in [0.25, 0.3) is 5.92 Å². The Morgan fingerprint density at radius 1 is 0.677 bits per heavy atom. The summed E-state index contributed by atoms with van der Waals surface area (Å²) in [7, 11) is 0. The van der Waals surface area contributed by atoms with Crippen molar-refractivity contribution < 1.29 is 32.5 Å². The summed E-state index contributed by atoms with van der Waals surface area (Å²) < 4.78 is 59.3. The molecule has 0 saturated carbocycles. The summed E-state index contributed by atoms with van der Waals surface area (Å²) in [5.41, 5.74) is 0. The first-order valence-corrected chi connectivity index (χ1v) is 12.4. The van der Waals surface area contributed by atoms with Crippen molar-refractivity contribution in [2.75, 3.05) is 33.0 Å². The fourth-order valence-corrected chi connectivity index (χ4v) is 3.57. The summed E-state index contributed by atoms with van der Waals surface area (Å²) >= 11 is 0. The number of ether oxygens (including phenoxy) is 5. The Hall–Kier alpha value is -0.340. The van der Waals surface area contributed by atoms with Crippen molar-refractivity contribution in [2.45, 2.75) is 122 Å². The lowest BCUT2D eigenvalue weighted by Crippen LogP contribution is -2.65. The van der Waals surface area contributed by atoms with Crippen molar-refractivity contribution in [1.29, 1.82) is 0 Å². The summed E-state index contributed by atoms with van der Waals surface area (Å²) in [5, 5.41) is 0. The van der Waals surface area contributed by atoms with Crippen LogP contribution in [0.25, 0.3) is 0 Å². The molecule has 1 heterocycles. The van der Waals surface area contributed by atoms with Gasteiger partial charge in [-0.1, -0.05) is 53.4 Å². The fraction of sp³-hybridized carbons (Fsp3) is 1.00. The third-order valence-electron chi connectivity index (χ3n) is 5.48. The van der Waals surface area contributed by atoms with Gasteiger partial charge in [-0.25, -0.2) is 8.78 Å². The maximum absolute atomic E-state index is 14.6. The number of rotatable bonds is 18. The maximum Gasteiger partial charge on any atom is 0.273 e. The smallest absolute Gasteiger partial charge is 0.273 e. The van der Waals surface area contributed by atoms with E-state index in [4.69, 9.17) is 23.7 Å². The third-order valence-corrected chi connectivity index (χ3v) is 5.48. The van der Waals surface area contributed by atoms with Crippen LogP contribution in [0.4, 0.5) is 8.78 Å². The molecule has 31 heavy (non-hydrogen) atoms. The lowest BCUT2D eigenvalue weighted by Gasteiger charge is -2.47. The molecule has 0 aromatic heterocycles. The number of alkyl halides is 2. The second-order valence-electron chi connectivity index (χ2n) is 8.55. The second-order valence-corrected chi connectivity index (χ2v) is 8.55. The Morgan fingerprint density at radius 3 is 1.61 bits per heavy atom. The highest BCUT2D eigenvalue weighted by atomic mass is 19.3. The van der Waals surface area contributed by atoms with Crippen LogP contribution in [0.15, 0.2) is 0 Å². The summed E-state index contributed by atoms with van der Waals surface area (Å²) in [6.07, 6.45) is 3.29. The van der Waals surface area contributed by atoms with E-state index in [1.165, 1.54) is 0 Å². The lowest BCUT2D eigenvalue weighted by atomic mass is 9.91. The Balaban J connectivity index is 3.11. The zero-order valence-corrected chi connectivity index (χ0v) is 20.4. The molecule has 0 amide bonds. The molecule has 0 aliphatic carbocycles. The van der Waals surface area contributed by atoms with Crippen molar-refractivity contribution in [3.63, 3.8) is 0 Å². The highest BCUT2D eigenvalue weighted by molar-refractivity contribution is 4.99. The van der Waals surface area contributed by atoms with Gasteiger partial charge in [-0.05, 0) is 25.7 Å². The van der Waals surface area contributed by atoms with E-state index < -0.39 is 36.4 Å². The van der Waals surface area contributed by atoms with Crippen LogP contribution in [-0.2, 0) is 23.7 Å². The Kier molecular flexibility index (Phi) is 15.1. The minimum atomic E-state index is -3.07. The predicted octanol–water partition coefficient (Wildman–Crippen LogP) is 5.78. The normalized spacial score (nSPS) is 27.0. The zero-order chi connectivity index (χ0) is 23.1. The average Bonchev–Trinajstić information content (AvgIpc) is 2.73. The van der Waals surface area contributed by atoms with Crippen molar-refractivity contribution in [2.24, 2.45) is 0 Å². The lowest BCUT2D eigenvalue weighted by molar-refractivity contribution is -0.301. The predicted molar refractivity (Wildman–Crippen MR) is 119 cm³/mol. The molecule has 0 unspecified atom stereocenters. The molecule has 0 bridgehead atoms. The van der Waals surface area contributed by atoms with Crippen LogP contribution in [0, 0.1) is 0 Å². The van der Waals surface area contributed by atoms with E-state index in [1.54, 1.807) is 0 Å². The number of hydrogen-bond acceptors (Lipinski definition) is 5. The molecule has 1 saturated heterocycles. The molecule has 1 rings (SSSR count). The fourth-order valence-electron chi connectivity index (χ4n) is 3.57. The van der Waals surface area contributed by atoms with E-state index >= 15 is 0 Å². The van der Waals surface area contributed by atoms with Gasteiger partial charge in [0.2, 0.25) is 0 Å². The molecular weight excluding hydrogens is 406 g/mol. The first-order valence-electron chi connectivity index (χ1n) is 12.4. The van der Waals surface area contributed by atoms with Gasteiger partial charge in [0.1, 0.15) is 30.5 Å². The van der Waals surface area contributed by atoms with Crippen LogP contribution in [0.3, 0.4) is 0 Å². The first-order chi connectivity index (χ1) is 14.9. The van der Waals surface area contributed by atoms with Crippen LogP contribution in [0.1, 0.15) is 86.0 Å². The van der Waals surface area contributed by atoms with E-state index in [0.717, 1.165) is 58.3 Å². The van der Waals surface area contributed by atoms with Gasteiger partial charge in [0.05, 0.1) is 6.61 Å². The molecule has 0 N–H and O–H groups in total. The summed E-state index contributed by atoms with van der Waals surface area (Å²) in [6.45, 7) is 11.4. The van der Waals surface area contributed by atoms with Crippen LogP contribution >= 0.6 is 0 Å². The van der Waals surface area contributed by atoms with Gasteiger partial charge in [0.15, 0.2) is 0 Å². The number of halogens is 2. The molecule has 186 valence electrons. The van der Waals surface area contributed by atoms with E-state index in [9.17, 15) is 8.78 Å². The number of hydrogen-bond donors (Lipinski definition) is 0. The minimum absolute atomic E-state index is 0.207. The van der Waals surface area contributed by atoms with Gasteiger partial charge in [0, 0.05) is 33.4 Å². The van der Waals surface area contributed by atoms with E-state index in [-0.39, 0.29) is 6.61 Å². The molecule has 5 nitrogen and oxygen atoms in total. The SMILES string of the molecule is CCCCOC[C@H]1O[C@@H](C(C)(F)F)[C@H](OCCCC)[C@@H](OCCCC)[C@H]1OCCCC. The summed E-state index contributed by atoms with van der Waals surface area (Å²) in [4.78, 5) is 0. The second kappa shape index (κ2) is 16.3. The van der Waals surface area contributed by atoms with E-state index in [2.05, 4.69) is 20.8 Å². The monoisotopic (exact) mass is 452 g/mol. The van der Waals surface area contributed by atoms with Crippen molar-refractivity contribution in [1.82, 2.24) is 0 Å². The molecular formula is C24H46F2O5. The maximum atomic E-state index is 14.6. The standard InChI is InChI=1S/C24H46F2O5/c1-6-10-14-27-18-19-20(28-15-11-7-2)21(29-16-12-8-3)22(30-17-13-9-4)23(31-19)24(5,25)26/h19-23H,6-18H2,1-5H3/t19-,20+,21+,22-,23-/m1/s1. The zero-order valence-electron chi connectivity index (χ0n) is 20.4. The molecule has 0 spiro atoms. The quantitative estimate of drug-likeness (QED) is 0.247. The van der Waals surface area contributed by atoms with Crippen LogP contribution in [0.2, 0.25) is 0 Å².